The normalized spacial score (nSPS) is 16.4. The van der Waals surface area contributed by atoms with E-state index >= 15 is 0 Å². The van der Waals surface area contributed by atoms with Crippen molar-refractivity contribution < 1.29 is 6.85 Å². The van der Waals surface area contributed by atoms with E-state index in [9.17, 15) is 2.74 Å². The van der Waals surface area contributed by atoms with E-state index in [1.807, 2.05) is 48.5 Å². The van der Waals surface area contributed by atoms with Gasteiger partial charge in [0, 0.05) is 37.2 Å². The van der Waals surface area contributed by atoms with Gasteiger partial charge in [0.1, 0.15) is 0 Å². The molecule has 10 rings (SSSR count). The zero-order chi connectivity index (χ0) is 36.7. The van der Waals surface area contributed by atoms with Gasteiger partial charge >= 0.3 is 0 Å². The van der Waals surface area contributed by atoms with Gasteiger partial charge in [-0.05, 0) is 86.6 Å². The molecule has 2 heteroatoms. The topological polar surface area (TPSA) is 3.24 Å². The minimum atomic E-state index is -1.22. The lowest BCUT2D eigenvalue weighted by molar-refractivity contribution is 0.778. The lowest BCUT2D eigenvalue weighted by Crippen LogP contribution is -2.28. The second-order valence-corrected chi connectivity index (χ2v) is 13.6. The van der Waals surface area contributed by atoms with E-state index < -0.39 is 11.5 Å². The van der Waals surface area contributed by atoms with Crippen molar-refractivity contribution in [3.05, 3.63) is 210 Å². The molecule has 0 N–H and O–H groups in total. The first-order chi connectivity index (χ1) is 26.4. The van der Waals surface area contributed by atoms with Gasteiger partial charge in [-0.25, -0.2) is 0 Å². The number of rotatable bonds is 5. The van der Waals surface area contributed by atoms with E-state index in [0.717, 1.165) is 75.8 Å². The van der Waals surface area contributed by atoms with Crippen LogP contribution in [0.5, 0.6) is 0 Å². The minimum Gasteiger partial charge on any atom is -0.310 e. The molecule has 0 fully saturated rings. The van der Waals surface area contributed by atoms with Gasteiger partial charge in [0.05, 0.1) is 12.3 Å². The number of benzene rings is 8. The number of hydrogen-bond donors (Lipinski definition) is 0. The summed E-state index contributed by atoms with van der Waals surface area (Å²) in [5.41, 5.74) is 6.57. The Morgan fingerprint density at radius 1 is 0.469 bits per heavy atom. The molecule has 0 radical (unpaired) electrons. The maximum Gasteiger partial charge on any atom is 0.0727 e. The maximum atomic E-state index is 9.50. The van der Waals surface area contributed by atoms with E-state index in [-0.39, 0.29) is 29.7 Å². The molecule has 0 aliphatic heterocycles. The number of thiophene rings is 1. The molecule has 1 atom stereocenters. The zero-order valence-corrected chi connectivity index (χ0v) is 27.2. The summed E-state index contributed by atoms with van der Waals surface area (Å²) >= 11 is 1.68. The van der Waals surface area contributed by atoms with E-state index in [1.54, 1.807) is 11.3 Å². The predicted octanol–water partition coefficient (Wildman–Crippen LogP) is 13.0. The Morgan fingerprint density at radius 2 is 1.14 bits per heavy atom. The van der Waals surface area contributed by atoms with Crippen LogP contribution in [0.15, 0.2) is 188 Å². The lowest BCUT2D eigenvalue weighted by Gasteiger charge is -2.34. The molecule has 9 aromatic rings. The van der Waals surface area contributed by atoms with Crippen molar-refractivity contribution in [3.63, 3.8) is 0 Å². The molecular weight excluding hydrogens is 611 g/mol. The molecule has 0 spiro atoms. The summed E-state index contributed by atoms with van der Waals surface area (Å²) in [6, 6.07) is 52.9. The van der Waals surface area contributed by atoms with Gasteiger partial charge in [-0.3, -0.25) is 0 Å². The van der Waals surface area contributed by atoms with Crippen LogP contribution in [0.2, 0.25) is 0 Å². The van der Waals surface area contributed by atoms with Crippen molar-refractivity contribution in [1.82, 2.24) is 0 Å². The molecule has 0 amide bonds. The highest BCUT2D eigenvalue weighted by Gasteiger charge is 2.47. The smallest absolute Gasteiger partial charge is 0.0727 e. The molecule has 1 nitrogen and oxygen atoms in total. The first kappa shape index (κ1) is 23.4. The van der Waals surface area contributed by atoms with E-state index in [1.165, 1.54) is 0 Å². The fourth-order valence-corrected chi connectivity index (χ4v) is 9.20. The third-order valence-electron chi connectivity index (χ3n) is 9.98. The Bertz CT molecular complexity index is 2940. The number of para-hydroxylation sites is 1. The molecule has 1 aliphatic rings. The van der Waals surface area contributed by atoms with Gasteiger partial charge in [0.15, 0.2) is 0 Å². The molecule has 1 aliphatic carbocycles. The molecule has 8 aromatic carbocycles. The van der Waals surface area contributed by atoms with Gasteiger partial charge in [0.25, 0.3) is 0 Å². The molecular formula is C47H31NS. The second-order valence-electron chi connectivity index (χ2n) is 12.5. The van der Waals surface area contributed by atoms with Crippen molar-refractivity contribution in [2.45, 2.75) is 5.41 Å². The summed E-state index contributed by atoms with van der Waals surface area (Å²) in [6.07, 6.45) is 0. The van der Waals surface area contributed by atoms with Crippen LogP contribution in [-0.4, -0.2) is 0 Å². The van der Waals surface area contributed by atoms with Crippen LogP contribution >= 0.6 is 11.3 Å². The van der Waals surface area contributed by atoms with Crippen molar-refractivity contribution in [3.8, 4) is 11.1 Å². The fraction of sp³-hybridized carbons (Fsp3) is 0.0213. The molecule has 49 heavy (non-hydrogen) atoms. The van der Waals surface area contributed by atoms with Crippen LogP contribution in [0.4, 0.5) is 17.1 Å². The highest BCUT2D eigenvalue weighted by Crippen LogP contribution is 2.59. The average Bonchev–Trinajstić information content (AvgIpc) is 3.74. The molecule has 1 aromatic heterocycles. The summed E-state index contributed by atoms with van der Waals surface area (Å²) in [7, 11) is 0. The number of anilines is 3. The summed E-state index contributed by atoms with van der Waals surface area (Å²) in [5, 5.41) is 4.51. The van der Waals surface area contributed by atoms with Crippen molar-refractivity contribution >= 4 is 59.3 Å². The SMILES string of the molecule is [2H]c1c([2H])c([2H])c(C2(c3cccc4c3sc3ccccc34)c3ccccc3-c3cc(N(c4ccccc4)c4ccc5ccccc5c4)ccc32)c([2H])c1[2H]. The summed E-state index contributed by atoms with van der Waals surface area (Å²) in [5.74, 6) is 0. The highest BCUT2D eigenvalue weighted by atomic mass is 32.1. The third-order valence-corrected chi connectivity index (χ3v) is 11.2. The Kier molecular flexibility index (Phi) is 5.27. The largest absolute Gasteiger partial charge is 0.310 e. The molecule has 1 heterocycles. The molecule has 0 bridgehead atoms. The van der Waals surface area contributed by atoms with E-state index in [2.05, 4.69) is 114 Å². The molecule has 0 saturated heterocycles. The van der Waals surface area contributed by atoms with Gasteiger partial charge in [-0.2, -0.15) is 0 Å². The standard InChI is InChI=1S/C47H31NS/c1-3-16-34(17-4-1)47(44-24-13-22-40-39-21-10-12-25-45(39)49-46(40)44)42-23-11-9-20-38(42)41-31-37(28-29-43(41)47)48(35-18-5-2-6-19-35)36-27-26-32-14-7-8-15-33(32)30-36/h1-31H/i1D,3D,4D,16D,17D. The zero-order valence-electron chi connectivity index (χ0n) is 31.4. The fourth-order valence-electron chi connectivity index (χ4n) is 7.93. The van der Waals surface area contributed by atoms with Gasteiger partial charge in [0.2, 0.25) is 0 Å². The Balaban J connectivity index is 1.32. The Labute approximate surface area is 297 Å². The van der Waals surface area contributed by atoms with Gasteiger partial charge in [-0.15, -0.1) is 11.3 Å². The van der Waals surface area contributed by atoms with Crippen LogP contribution in [-0.2, 0) is 5.41 Å². The number of hydrogen-bond acceptors (Lipinski definition) is 2. The monoisotopic (exact) mass is 646 g/mol. The predicted molar refractivity (Wildman–Crippen MR) is 209 cm³/mol. The van der Waals surface area contributed by atoms with Crippen LogP contribution in [0.1, 0.15) is 29.1 Å². The number of fused-ring (bicyclic) bond motifs is 7. The first-order valence-corrected chi connectivity index (χ1v) is 17.3. The third kappa shape index (κ3) is 4.18. The average molecular weight is 647 g/mol. The minimum absolute atomic E-state index is 0.201. The molecule has 230 valence electrons. The highest BCUT2D eigenvalue weighted by molar-refractivity contribution is 7.26. The van der Waals surface area contributed by atoms with Gasteiger partial charge in [-0.1, -0.05) is 145 Å². The molecule has 0 saturated carbocycles. The van der Waals surface area contributed by atoms with E-state index in [4.69, 9.17) is 4.11 Å². The quantitative estimate of drug-likeness (QED) is 0.180. The van der Waals surface area contributed by atoms with Crippen molar-refractivity contribution in [2.75, 3.05) is 4.90 Å². The van der Waals surface area contributed by atoms with Gasteiger partial charge < -0.3 is 4.90 Å². The van der Waals surface area contributed by atoms with Crippen LogP contribution in [0.3, 0.4) is 0 Å². The van der Waals surface area contributed by atoms with Crippen LogP contribution in [0.25, 0.3) is 42.1 Å². The summed E-state index contributed by atoms with van der Waals surface area (Å²) < 4.78 is 47.5. The van der Waals surface area contributed by atoms with Crippen LogP contribution < -0.4 is 4.90 Å². The summed E-state index contributed by atoms with van der Waals surface area (Å²) in [6.45, 7) is 0. The Morgan fingerprint density at radius 3 is 2.04 bits per heavy atom. The second kappa shape index (κ2) is 11.1. The van der Waals surface area contributed by atoms with Crippen molar-refractivity contribution in [2.24, 2.45) is 0 Å². The molecule has 1 unspecified atom stereocenters. The first-order valence-electron chi connectivity index (χ1n) is 18.9. The maximum absolute atomic E-state index is 9.50. The number of nitrogens with zero attached hydrogens (tertiary/aromatic N) is 1. The Hall–Kier alpha value is -5.96. The van der Waals surface area contributed by atoms with Crippen LogP contribution in [0, 0.1) is 0 Å². The lowest BCUT2D eigenvalue weighted by atomic mass is 9.67. The van der Waals surface area contributed by atoms with Crippen molar-refractivity contribution in [1.29, 1.82) is 0 Å². The van der Waals surface area contributed by atoms with E-state index in [0.29, 0.717) is 0 Å². The summed E-state index contributed by atoms with van der Waals surface area (Å²) in [4.78, 5) is 2.26.